The summed E-state index contributed by atoms with van der Waals surface area (Å²) in [7, 11) is 3.22. The number of nitrogens with zero attached hydrogens (tertiary/aromatic N) is 3. The molecule has 3 aromatic carbocycles. The maximum atomic E-state index is 6.20. The zero-order valence-electron chi connectivity index (χ0n) is 17.1. The van der Waals surface area contributed by atoms with E-state index in [1.807, 2.05) is 83.7 Å². The predicted molar refractivity (Wildman–Crippen MR) is 125 cm³/mol. The molecule has 0 saturated carbocycles. The molecule has 0 atom stereocenters. The second-order valence-corrected chi connectivity index (χ2v) is 7.04. The van der Waals surface area contributed by atoms with Crippen LogP contribution in [0.2, 0.25) is 5.02 Å². The molecule has 4 aromatic rings. The molecule has 7 heteroatoms. The molecule has 0 aliphatic rings. The first kappa shape index (κ1) is 20.5. The Morgan fingerprint density at radius 2 is 1.68 bits per heavy atom. The molecule has 0 unspecified atom stereocenters. The van der Waals surface area contributed by atoms with Gasteiger partial charge in [-0.2, -0.15) is 10.2 Å². The normalized spacial score (nSPS) is 10.9. The molecule has 0 spiro atoms. The summed E-state index contributed by atoms with van der Waals surface area (Å²) >= 11 is 6.20. The molecule has 0 radical (unpaired) electrons. The fraction of sp³-hybridized carbons (Fsp3) is 0.0833. The van der Waals surface area contributed by atoms with Gasteiger partial charge in [0.25, 0.3) is 0 Å². The van der Waals surface area contributed by atoms with E-state index in [1.165, 1.54) is 0 Å². The van der Waals surface area contributed by atoms with Gasteiger partial charge in [0.15, 0.2) is 11.5 Å². The number of nitrogens with one attached hydrogen (secondary N) is 1. The van der Waals surface area contributed by atoms with Crippen molar-refractivity contribution < 1.29 is 9.47 Å². The third kappa shape index (κ3) is 4.54. The molecule has 0 aliphatic heterocycles. The van der Waals surface area contributed by atoms with Crippen molar-refractivity contribution in [3.8, 4) is 28.4 Å². The summed E-state index contributed by atoms with van der Waals surface area (Å²) in [6, 6.07) is 23.0. The Labute approximate surface area is 185 Å². The van der Waals surface area contributed by atoms with Gasteiger partial charge in [-0.05, 0) is 42.5 Å². The number of rotatable bonds is 7. The first-order valence-electron chi connectivity index (χ1n) is 9.60. The molecule has 1 heterocycles. The highest BCUT2D eigenvalue weighted by Gasteiger charge is 2.14. The Bertz CT molecular complexity index is 1210. The van der Waals surface area contributed by atoms with Crippen molar-refractivity contribution in [2.75, 3.05) is 19.6 Å². The number of halogens is 1. The summed E-state index contributed by atoms with van der Waals surface area (Å²) in [5.41, 5.74) is 7.13. The maximum absolute atomic E-state index is 6.20. The van der Waals surface area contributed by atoms with Gasteiger partial charge in [0.1, 0.15) is 5.69 Å². The van der Waals surface area contributed by atoms with Gasteiger partial charge in [0, 0.05) is 17.3 Å². The average molecular weight is 433 g/mol. The van der Waals surface area contributed by atoms with E-state index in [2.05, 4.69) is 10.5 Å². The van der Waals surface area contributed by atoms with Gasteiger partial charge in [-0.1, -0.05) is 41.9 Å². The second-order valence-electron chi connectivity index (χ2n) is 6.63. The largest absolute Gasteiger partial charge is 0.493 e. The van der Waals surface area contributed by atoms with Crippen LogP contribution in [0.25, 0.3) is 16.9 Å². The molecule has 0 fully saturated rings. The van der Waals surface area contributed by atoms with Gasteiger partial charge in [-0.3, -0.25) is 5.43 Å². The van der Waals surface area contributed by atoms with Crippen LogP contribution in [0.1, 0.15) is 5.56 Å². The Balaban J connectivity index is 1.73. The molecule has 0 bridgehead atoms. The monoisotopic (exact) mass is 432 g/mol. The molecular weight excluding hydrogens is 412 g/mol. The Kier molecular flexibility index (Phi) is 6.19. The molecule has 1 N–H and O–H groups in total. The Morgan fingerprint density at radius 1 is 0.935 bits per heavy atom. The quantitative estimate of drug-likeness (QED) is 0.302. The van der Waals surface area contributed by atoms with Crippen molar-refractivity contribution >= 4 is 23.5 Å². The summed E-state index contributed by atoms with van der Waals surface area (Å²) < 4.78 is 12.6. The number of benzene rings is 3. The minimum absolute atomic E-state index is 0.597. The van der Waals surface area contributed by atoms with E-state index in [1.54, 1.807) is 20.4 Å². The van der Waals surface area contributed by atoms with Crippen LogP contribution in [0, 0.1) is 0 Å². The lowest BCUT2D eigenvalue weighted by Crippen LogP contribution is -1.95. The Hall–Kier alpha value is -3.77. The molecule has 1 aromatic heterocycles. The van der Waals surface area contributed by atoms with Gasteiger partial charge in [0.2, 0.25) is 0 Å². The van der Waals surface area contributed by atoms with Gasteiger partial charge < -0.3 is 9.47 Å². The lowest BCUT2D eigenvalue weighted by Gasteiger charge is -2.09. The highest BCUT2D eigenvalue weighted by atomic mass is 35.5. The van der Waals surface area contributed by atoms with Crippen molar-refractivity contribution in [2.24, 2.45) is 5.10 Å². The minimum Gasteiger partial charge on any atom is -0.493 e. The first-order chi connectivity index (χ1) is 15.2. The standard InChI is InChI=1S/C24H21ClN4O2/c1-30-22-13-12-17(14-23(22)31-2)24-18(15-26-27-21-11-7-6-10-20(21)25)16-29(28-24)19-8-4-3-5-9-19/h3-16,27H,1-2H3/b26-15+. The SMILES string of the molecule is COc1ccc(-c2nn(-c3ccccc3)cc2/C=N/Nc2ccccc2Cl)cc1OC. The van der Waals surface area contributed by atoms with Crippen LogP contribution in [-0.2, 0) is 0 Å². The predicted octanol–water partition coefficient (Wildman–Crippen LogP) is 5.66. The summed E-state index contributed by atoms with van der Waals surface area (Å²) in [6.45, 7) is 0. The van der Waals surface area contributed by atoms with Crippen LogP contribution in [-0.4, -0.2) is 30.2 Å². The van der Waals surface area contributed by atoms with Crippen molar-refractivity contribution in [2.45, 2.75) is 0 Å². The smallest absolute Gasteiger partial charge is 0.161 e. The van der Waals surface area contributed by atoms with Crippen LogP contribution in [0.15, 0.2) is 84.1 Å². The number of hydrogen-bond acceptors (Lipinski definition) is 5. The summed E-state index contributed by atoms with van der Waals surface area (Å²) in [5.74, 6) is 1.29. The molecule has 31 heavy (non-hydrogen) atoms. The molecule has 0 aliphatic carbocycles. The van der Waals surface area contributed by atoms with Crippen LogP contribution < -0.4 is 14.9 Å². The van der Waals surface area contributed by atoms with E-state index in [9.17, 15) is 0 Å². The topological polar surface area (TPSA) is 60.7 Å². The highest BCUT2D eigenvalue weighted by Crippen LogP contribution is 2.33. The van der Waals surface area contributed by atoms with Crippen LogP contribution in [0.4, 0.5) is 5.69 Å². The zero-order chi connectivity index (χ0) is 21.6. The number of anilines is 1. The summed E-state index contributed by atoms with van der Waals surface area (Å²) in [5, 5.41) is 9.77. The third-order valence-electron chi connectivity index (χ3n) is 4.68. The van der Waals surface area contributed by atoms with Crippen LogP contribution in [0.3, 0.4) is 0 Å². The van der Waals surface area contributed by atoms with Crippen molar-refractivity contribution in [1.29, 1.82) is 0 Å². The van der Waals surface area contributed by atoms with Crippen LogP contribution >= 0.6 is 11.6 Å². The number of methoxy groups -OCH3 is 2. The molecule has 156 valence electrons. The number of para-hydroxylation sites is 2. The van der Waals surface area contributed by atoms with Crippen molar-refractivity contribution in [1.82, 2.24) is 9.78 Å². The lowest BCUT2D eigenvalue weighted by molar-refractivity contribution is 0.355. The molecule has 6 nitrogen and oxygen atoms in total. The molecular formula is C24H21ClN4O2. The fourth-order valence-electron chi connectivity index (χ4n) is 3.13. The minimum atomic E-state index is 0.597. The fourth-order valence-corrected chi connectivity index (χ4v) is 3.30. The van der Waals surface area contributed by atoms with E-state index >= 15 is 0 Å². The van der Waals surface area contributed by atoms with Crippen molar-refractivity contribution in [3.05, 3.63) is 89.6 Å². The first-order valence-corrected chi connectivity index (χ1v) is 9.98. The molecule has 4 rings (SSSR count). The molecule has 0 saturated heterocycles. The molecule has 0 amide bonds. The van der Waals surface area contributed by atoms with Gasteiger partial charge >= 0.3 is 0 Å². The van der Waals surface area contributed by atoms with E-state index in [4.69, 9.17) is 26.2 Å². The summed E-state index contributed by atoms with van der Waals surface area (Å²) in [6.07, 6.45) is 3.65. The summed E-state index contributed by atoms with van der Waals surface area (Å²) in [4.78, 5) is 0. The number of hydrazone groups is 1. The average Bonchev–Trinajstić information content (AvgIpc) is 3.24. The van der Waals surface area contributed by atoms with E-state index in [0.29, 0.717) is 16.5 Å². The number of ether oxygens (including phenoxy) is 2. The van der Waals surface area contributed by atoms with E-state index in [-0.39, 0.29) is 0 Å². The lowest BCUT2D eigenvalue weighted by atomic mass is 10.1. The third-order valence-corrected chi connectivity index (χ3v) is 5.01. The number of aromatic nitrogens is 2. The Morgan fingerprint density at radius 3 is 2.42 bits per heavy atom. The van der Waals surface area contributed by atoms with Crippen LogP contribution in [0.5, 0.6) is 11.5 Å². The van der Waals surface area contributed by atoms with Gasteiger partial charge in [0.05, 0.1) is 36.8 Å². The number of hydrogen-bond donors (Lipinski definition) is 1. The zero-order valence-corrected chi connectivity index (χ0v) is 17.9. The van der Waals surface area contributed by atoms with Gasteiger partial charge in [-0.15, -0.1) is 0 Å². The van der Waals surface area contributed by atoms with Gasteiger partial charge in [-0.25, -0.2) is 4.68 Å². The second kappa shape index (κ2) is 9.36. The van der Waals surface area contributed by atoms with E-state index < -0.39 is 0 Å². The maximum Gasteiger partial charge on any atom is 0.161 e. The highest BCUT2D eigenvalue weighted by molar-refractivity contribution is 6.33. The van der Waals surface area contributed by atoms with E-state index in [0.717, 1.165) is 28.2 Å². The van der Waals surface area contributed by atoms with Crippen molar-refractivity contribution in [3.63, 3.8) is 0 Å².